The molecule has 0 atom stereocenters. The number of benzene rings is 3. The van der Waals surface area contributed by atoms with Crippen LogP contribution in [0, 0.1) is 0 Å². The number of fused-ring (bicyclic) bond motifs is 1. The molecule has 176 valence electrons. The average molecular weight is 500 g/mol. The summed E-state index contributed by atoms with van der Waals surface area (Å²) in [4.78, 5) is 31.6. The topological polar surface area (TPSA) is 62.3 Å². The van der Waals surface area contributed by atoms with Crippen molar-refractivity contribution in [3.63, 3.8) is 0 Å². The van der Waals surface area contributed by atoms with Crippen molar-refractivity contribution in [3.05, 3.63) is 89.8 Å². The fraction of sp³-hybridized carbons (Fsp3) is 0.179. The highest BCUT2D eigenvalue weighted by Gasteiger charge is 2.22. The lowest BCUT2D eigenvalue weighted by molar-refractivity contribution is -0.116. The van der Waals surface area contributed by atoms with Crippen LogP contribution in [0.1, 0.15) is 12.0 Å². The summed E-state index contributed by atoms with van der Waals surface area (Å²) >= 11 is 2.73. The second-order valence-corrected chi connectivity index (χ2v) is 10.1. The Labute approximate surface area is 213 Å². The Hall–Kier alpha value is -3.42. The predicted molar refractivity (Wildman–Crippen MR) is 146 cm³/mol. The molecule has 3 aromatic carbocycles. The molecule has 0 saturated heterocycles. The van der Waals surface area contributed by atoms with Gasteiger partial charge in [0.15, 0.2) is 5.13 Å². The normalized spacial score (nSPS) is 12.7. The zero-order valence-electron chi connectivity index (χ0n) is 19.1. The third kappa shape index (κ3) is 5.63. The van der Waals surface area contributed by atoms with E-state index in [0.717, 1.165) is 41.9 Å². The van der Waals surface area contributed by atoms with E-state index < -0.39 is 0 Å². The first kappa shape index (κ1) is 23.3. The molecule has 1 aromatic heterocycles. The van der Waals surface area contributed by atoms with Gasteiger partial charge in [0.05, 0.1) is 17.2 Å². The molecule has 0 fully saturated rings. The van der Waals surface area contributed by atoms with Gasteiger partial charge in [-0.1, -0.05) is 72.8 Å². The average Bonchev–Trinajstić information content (AvgIpc) is 3.37. The van der Waals surface area contributed by atoms with Gasteiger partial charge >= 0.3 is 0 Å². The van der Waals surface area contributed by atoms with Gasteiger partial charge in [-0.25, -0.2) is 4.98 Å². The van der Waals surface area contributed by atoms with Crippen LogP contribution in [-0.4, -0.2) is 34.8 Å². The van der Waals surface area contributed by atoms with E-state index in [1.165, 1.54) is 34.2 Å². The van der Waals surface area contributed by atoms with E-state index in [0.29, 0.717) is 5.13 Å². The molecule has 1 aliphatic heterocycles. The number of hydrogen-bond donors (Lipinski definition) is 1. The number of carbonyl (C=O) groups excluding carboxylic acids is 2. The lowest BCUT2D eigenvalue weighted by Crippen LogP contribution is -2.36. The number of aryl methyl sites for hydroxylation is 1. The van der Waals surface area contributed by atoms with Gasteiger partial charge in [-0.2, -0.15) is 0 Å². The summed E-state index contributed by atoms with van der Waals surface area (Å²) in [5.74, 6) is 0.383. The molecule has 2 amide bonds. The van der Waals surface area contributed by atoms with Crippen LogP contribution in [0.25, 0.3) is 22.4 Å². The van der Waals surface area contributed by atoms with Crippen molar-refractivity contribution >= 4 is 45.7 Å². The van der Waals surface area contributed by atoms with E-state index in [1.807, 2.05) is 58.8 Å². The third-order valence-electron chi connectivity index (χ3n) is 5.91. The summed E-state index contributed by atoms with van der Waals surface area (Å²) in [5.41, 5.74) is 6.37. The van der Waals surface area contributed by atoms with E-state index >= 15 is 0 Å². The first-order chi connectivity index (χ1) is 17.2. The highest BCUT2D eigenvalue weighted by atomic mass is 32.2. The van der Waals surface area contributed by atoms with Crippen LogP contribution in [0.15, 0.2) is 84.2 Å². The lowest BCUT2D eigenvalue weighted by atomic mass is 10.0. The second kappa shape index (κ2) is 10.9. The van der Waals surface area contributed by atoms with Crippen LogP contribution in [0.3, 0.4) is 0 Å². The van der Waals surface area contributed by atoms with E-state index in [2.05, 4.69) is 40.6 Å². The lowest BCUT2D eigenvalue weighted by Gasteiger charge is -2.29. The molecule has 2 heterocycles. The first-order valence-electron chi connectivity index (χ1n) is 11.5. The Morgan fingerprint density at radius 2 is 1.60 bits per heavy atom. The molecule has 0 radical (unpaired) electrons. The Kier molecular flexibility index (Phi) is 7.25. The number of hydrogen-bond acceptors (Lipinski definition) is 5. The number of para-hydroxylation sites is 1. The van der Waals surface area contributed by atoms with Gasteiger partial charge in [-0.05, 0) is 35.6 Å². The number of amides is 2. The van der Waals surface area contributed by atoms with Crippen molar-refractivity contribution in [2.75, 3.05) is 28.3 Å². The summed E-state index contributed by atoms with van der Waals surface area (Å²) in [7, 11) is 0. The van der Waals surface area contributed by atoms with Crippen molar-refractivity contribution in [2.45, 2.75) is 12.8 Å². The summed E-state index contributed by atoms with van der Waals surface area (Å²) in [6.07, 6.45) is 1.97. The predicted octanol–water partition coefficient (Wildman–Crippen LogP) is 6.13. The molecule has 0 spiro atoms. The number of nitrogens with one attached hydrogen (secondary N) is 1. The molecule has 1 aliphatic rings. The number of anilines is 2. The van der Waals surface area contributed by atoms with Gasteiger partial charge in [-0.3, -0.25) is 9.59 Å². The number of aromatic nitrogens is 1. The molecule has 0 aliphatic carbocycles. The Morgan fingerprint density at radius 3 is 2.43 bits per heavy atom. The smallest absolute Gasteiger partial charge is 0.236 e. The second-order valence-electron chi connectivity index (χ2n) is 8.30. The van der Waals surface area contributed by atoms with Crippen LogP contribution in [0.5, 0.6) is 0 Å². The maximum atomic E-state index is 12.7. The Bertz CT molecular complexity index is 1320. The van der Waals surface area contributed by atoms with Crippen molar-refractivity contribution < 1.29 is 9.59 Å². The molecule has 1 N–H and O–H groups in total. The zero-order chi connectivity index (χ0) is 24.0. The molecule has 4 aromatic rings. The maximum absolute atomic E-state index is 12.7. The maximum Gasteiger partial charge on any atom is 0.236 e. The zero-order valence-corrected chi connectivity index (χ0v) is 20.8. The number of carbonyl (C=O) groups is 2. The standard InChI is InChI=1S/C28H25N3O2S2/c32-26(18-34-19-27(33)31-16-6-10-23-9-4-5-11-25(23)31)30-28-29-24(17-35-28)22-14-12-21(13-15-22)20-7-2-1-3-8-20/h1-5,7-9,11-15,17H,6,10,16,18-19H2,(H,29,30,32). The number of rotatable bonds is 7. The summed E-state index contributed by atoms with van der Waals surface area (Å²) in [6.45, 7) is 0.733. The fourth-order valence-electron chi connectivity index (χ4n) is 4.18. The number of thioether (sulfide) groups is 1. The first-order valence-corrected chi connectivity index (χ1v) is 13.6. The van der Waals surface area contributed by atoms with Crippen LogP contribution >= 0.6 is 23.1 Å². The van der Waals surface area contributed by atoms with Gasteiger partial charge in [0.2, 0.25) is 11.8 Å². The Balaban J connectivity index is 1.12. The van der Waals surface area contributed by atoms with E-state index in [-0.39, 0.29) is 23.3 Å². The SMILES string of the molecule is O=C(CSCC(=O)N1CCCc2ccccc21)Nc1nc(-c2ccc(-c3ccccc3)cc2)cs1. The third-order valence-corrected chi connectivity index (χ3v) is 7.58. The van der Waals surface area contributed by atoms with E-state index in [1.54, 1.807) is 0 Å². The largest absolute Gasteiger partial charge is 0.311 e. The fourth-order valence-corrected chi connectivity index (χ4v) is 5.61. The monoisotopic (exact) mass is 499 g/mol. The van der Waals surface area contributed by atoms with Gasteiger partial charge in [-0.15, -0.1) is 23.1 Å². The van der Waals surface area contributed by atoms with Crippen LogP contribution in [0.4, 0.5) is 10.8 Å². The molecule has 0 saturated carbocycles. The molecule has 5 nitrogen and oxygen atoms in total. The minimum atomic E-state index is -0.151. The molecule has 0 bridgehead atoms. The van der Waals surface area contributed by atoms with Gasteiger partial charge in [0, 0.05) is 23.2 Å². The molecule has 0 unspecified atom stereocenters. The summed E-state index contributed by atoms with van der Waals surface area (Å²) < 4.78 is 0. The van der Waals surface area contributed by atoms with Gasteiger partial charge in [0.25, 0.3) is 0 Å². The Morgan fingerprint density at radius 1 is 0.886 bits per heavy atom. The van der Waals surface area contributed by atoms with Gasteiger partial charge in [0.1, 0.15) is 0 Å². The van der Waals surface area contributed by atoms with E-state index in [4.69, 9.17) is 0 Å². The molecular weight excluding hydrogens is 474 g/mol. The minimum Gasteiger partial charge on any atom is -0.311 e. The molecule has 5 rings (SSSR count). The van der Waals surface area contributed by atoms with Crippen LogP contribution in [-0.2, 0) is 16.0 Å². The van der Waals surface area contributed by atoms with Gasteiger partial charge < -0.3 is 10.2 Å². The molecule has 7 heteroatoms. The van der Waals surface area contributed by atoms with Crippen molar-refractivity contribution in [3.8, 4) is 22.4 Å². The highest BCUT2D eigenvalue weighted by molar-refractivity contribution is 8.00. The number of thiazole rings is 1. The van der Waals surface area contributed by atoms with Crippen molar-refractivity contribution in [1.29, 1.82) is 0 Å². The van der Waals surface area contributed by atoms with Crippen molar-refractivity contribution in [1.82, 2.24) is 4.98 Å². The summed E-state index contributed by atoms with van der Waals surface area (Å²) in [5, 5.41) is 5.37. The number of nitrogens with zero attached hydrogens (tertiary/aromatic N) is 2. The minimum absolute atomic E-state index is 0.0467. The highest BCUT2D eigenvalue weighted by Crippen LogP contribution is 2.29. The van der Waals surface area contributed by atoms with Crippen molar-refractivity contribution in [2.24, 2.45) is 0 Å². The molecular formula is C28H25N3O2S2. The van der Waals surface area contributed by atoms with Crippen LogP contribution < -0.4 is 10.2 Å². The van der Waals surface area contributed by atoms with E-state index in [9.17, 15) is 9.59 Å². The summed E-state index contributed by atoms with van der Waals surface area (Å²) in [6, 6.07) is 26.5. The van der Waals surface area contributed by atoms with Crippen LogP contribution in [0.2, 0.25) is 0 Å². The molecule has 35 heavy (non-hydrogen) atoms. The quantitative estimate of drug-likeness (QED) is 0.332.